The third kappa shape index (κ3) is 2.28. The number of rotatable bonds is 4. The number of carboxylic acid groups (broad SMARTS) is 1. The van der Waals surface area contributed by atoms with Crippen LogP contribution in [0.25, 0.3) is 11.4 Å². The van der Waals surface area contributed by atoms with Crippen molar-refractivity contribution < 1.29 is 14.3 Å². The molecule has 0 radical (unpaired) electrons. The Morgan fingerprint density at radius 2 is 2.24 bits per heavy atom. The van der Waals surface area contributed by atoms with Gasteiger partial charge in [0.1, 0.15) is 5.82 Å². The van der Waals surface area contributed by atoms with Crippen molar-refractivity contribution in [3.8, 4) is 11.4 Å². The Morgan fingerprint density at radius 3 is 2.81 bits per heavy atom. The molecular formula is C14H15FN4O2. The maximum Gasteiger partial charge on any atom is 0.311 e. The third-order valence-electron chi connectivity index (χ3n) is 4.11. The van der Waals surface area contributed by atoms with Crippen LogP contribution in [0.15, 0.2) is 18.2 Å². The van der Waals surface area contributed by atoms with Gasteiger partial charge in [-0.2, -0.15) is 0 Å². The average Bonchev–Trinajstić information content (AvgIpc) is 2.81. The Morgan fingerprint density at radius 1 is 1.48 bits per heavy atom. The van der Waals surface area contributed by atoms with Crippen LogP contribution >= 0.6 is 0 Å². The van der Waals surface area contributed by atoms with Crippen molar-refractivity contribution in [2.24, 2.45) is 5.41 Å². The van der Waals surface area contributed by atoms with Gasteiger partial charge in [-0.3, -0.25) is 4.79 Å². The third-order valence-corrected chi connectivity index (χ3v) is 4.11. The van der Waals surface area contributed by atoms with Crippen LogP contribution in [0.5, 0.6) is 0 Å². The zero-order valence-electron chi connectivity index (χ0n) is 11.6. The fourth-order valence-corrected chi connectivity index (χ4v) is 2.64. The molecule has 2 aromatic rings. The number of aromatic nitrogens is 4. The summed E-state index contributed by atoms with van der Waals surface area (Å²) >= 11 is 0. The van der Waals surface area contributed by atoms with Gasteiger partial charge in [0.2, 0.25) is 0 Å². The predicted molar refractivity (Wildman–Crippen MR) is 71.9 cm³/mol. The van der Waals surface area contributed by atoms with Gasteiger partial charge in [0, 0.05) is 0 Å². The standard InChI is InChI=1S/C14H15FN4O2/c1-9-3-4-10(11(15)7-9)12-16-17-18-19(12)8-14(13(20)21)5-2-6-14/h3-4,7H,2,5-6,8H2,1H3,(H,20,21). The minimum atomic E-state index is -0.848. The molecule has 1 aliphatic rings. The lowest BCUT2D eigenvalue weighted by Gasteiger charge is -2.37. The molecule has 1 aliphatic carbocycles. The predicted octanol–water partition coefficient (Wildman–Crippen LogP) is 2.04. The van der Waals surface area contributed by atoms with E-state index in [-0.39, 0.29) is 17.9 Å². The van der Waals surface area contributed by atoms with Gasteiger partial charge in [0.15, 0.2) is 5.82 Å². The van der Waals surface area contributed by atoms with Crippen molar-refractivity contribution in [3.05, 3.63) is 29.6 Å². The molecule has 0 saturated heterocycles. The van der Waals surface area contributed by atoms with Gasteiger partial charge in [-0.25, -0.2) is 9.07 Å². The zero-order valence-corrected chi connectivity index (χ0v) is 11.6. The highest BCUT2D eigenvalue weighted by molar-refractivity contribution is 5.75. The number of nitrogens with zero attached hydrogens (tertiary/aromatic N) is 4. The molecular weight excluding hydrogens is 275 g/mol. The van der Waals surface area contributed by atoms with E-state index in [1.807, 2.05) is 0 Å². The lowest BCUT2D eigenvalue weighted by molar-refractivity contribution is -0.156. The van der Waals surface area contributed by atoms with Crippen LogP contribution in [0.1, 0.15) is 24.8 Å². The van der Waals surface area contributed by atoms with Crippen LogP contribution in [0.2, 0.25) is 0 Å². The summed E-state index contributed by atoms with van der Waals surface area (Å²) in [5, 5.41) is 20.6. The zero-order chi connectivity index (χ0) is 15.0. The highest BCUT2D eigenvalue weighted by Crippen LogP contribution is 2.43. The fraction of sp³-hybridized carbons (Fsp3) is 0.429. The molecule has 3 rings (SSSR count). The number of carboxylic acids is 1. The molecule has 7 heteroatoms. The van der Waals surface area contributed by atoms with Crippen molar-refractivity contribution in [2.45, 2.75) is 32.7 Å². The summed E-state index contributed by atoms with van der Waals surface area (Å²) in [5.74, 6) is -0.997. The van der Waals surface area contributed by atoms with Gasteiger partial charge in [-0.05, 0) is 47.9 Å². The maximum atomic E-state index is 14.1. The molecule has 0 spiro atoms. The molecule has 1 N–H and O–H groups in total. The fourth-order valence-electron chi connectivity index (χ4n) is 2.64. The van der Waals surface area contributed by atoms with Crippen LogP contribution in [0, 0.1) is 18.2 Å². The molecule has 1 fully saturated rings. The lowest BCUT2D eigenvalue weighted by atomic mass is 9.69. The molecule has 0 amide bonds. The van der Waals surface area contributed by atoms with Crippen LogP contribution in [0.4, 0.5) is 4.39 Å². The van der Waals surface area contributed by atoms with Crippen LogP contribution in [-0.4, -0.2) is 31.3 Å². The van der Waals surface area contributed by atoms with Crippen molar-refractivity contribution in [1.29, 1.82) is 0 Å². The highest BCUT2D eigenvalue weighted by atomic mass is 19.1. The van der Waals surface area contributed by atoms with E-state index in [0.29, 0.717) is 12.8 Å². The quantitative estimate of drug-likeness (QED) is 0.932. The Bertz CT molecular complexity index is 694. The molecule has 21 heavy (non-hydrogen) atoms. The number of hydrogen-bond acceptors (Lipinski definition) is 4. The molecule has 1 saturated carbocycles. The Balaban J connectivity index is 1.96. The number of benzene rings is 1. The summed E-state index contributed by atoms with van der Waals surface area (Å²) in [5.41, 5.74) is 0.257. The van der Waals surface area contributed by atoms with Crippen molar-refractivity contribution >= 4 is 5.97 Å². The first-order valence-corrected chi connectivity index (χ1v) is 6.78. The summed E-state index contributed by atoms with van der Waals surface area (Å²) in [7, 11) is 0. The number of halogens is 1. The van der Waals surface area contributed by atoms with E-state index in [9.17, 15) is 14.3 Å². The minimum absolute atomic E-state index is 0.165. The molecule has 1 heterocycles. The van der Waals surface area contributed by atoms with E-state index in [0.717, 1.165) is 12.0 Å². The Labute approximate surface area is 120 Å². The Hall–Kier alpha value is -2.31. The van der Waals surface area contributed by atoms with Gasteiger partial charge in [0.05, 0.1) is 17.5 Å². The molecule has 0 bridgehead atoms. The summed E-state index contributed by atoms with van der Waals surface area (Å²) in [6.07, 6.45) is 2.07. The number of aryl methyl sites for hydroxylation is 1. The SMILES string of the molecule is Cc1ccc(-c2nnnn2CC2(C(=O)O)CCC2)c(F)c1. The lowest BCUT2D eigenvalue weighted by Crippen LogP contribution is -2.42. The van der Waals surface area contributed by atoms with E-state index in [1.54, 1.807) is 19.1 Å². The molecule has 6 nitrogen and oxygen atoms in total. The van der Waals surface area contributed by atoms with E-state index < -0.39 is 17.2 Å². The largest absolute Gasteiger partial charge is 0.481 e. The smallest absolute Gasteiger partial charge is 0.311 e. The second kappa shape index (κ2) is 4.91. The first kappa shape index (κ1) is 13.7. The monoisotopic (exact) mass is 290 g/mol. The summed E-state index contributed by atoms with van der Waals surface area (Å²) < 4.78 is 15.4. The second-order valence-corrected chi connectivity index (χ2v) is 5.58. The first-order valence-electron chi connectivity index (χ1n) is 6.78. The molecule has 0 atom stereocenters. The first-order chi connectivity index (χ1) is 10.0. The van der Waals surface area contributed by atoms with E-state index >= 15 is 0 Å². The number of aliphatic carboxylic acids is 1. The molecule has 1 aromatic carbocycles. The molecule has 0 unspecified atom stereocenters. The highest BCUT2D eigenvalue weighted by Gasteiger charge is 2.45. The molecule has 0 aliphatic heterocycles. The maximum absolute atomic E-state index is 14.1. The van der Waals surface area contributed by atoms with Crippen molar-refractivity contribution in [1.82, 2.24) is 20.2 Å². The summed E-state index contributed by atoms with van der Waals surface area (Å²) in [6, 6.07) is 4.79. The number of carbonyl (C=O) groups is 1. The normalized spacial score (nSPS) is 16.5. The summed E-state index contributed by atoms with van der Waals surface area (Å²) in [4.78, 5) is 11.4. The average molecular weight is 290 g/mol. The van der Waals surface area contributed by atoms with Crippen LogP contribution < -0.4 is 0 Å². The second-order valence-electron chi connectivity index (χ2n) is 5.58. The summed E-state index contributed by atoms with van der Waals surface area (Å²) in [6.45, 7) is 1.96. The van der Waals surface area contributed by atoms with Gasteiger partial charge < -0.3 is 5.11 Å². The van der Waals surface area contributed by atoms with Gasteiger partial charge in [-0.1, -0.05) is 12.5 Å². The molecule has 1 aromatic heterocycles. The van der Waals surface area contributed by atoms with Gasteiger partial charge in [0.25, 0.3) is 0 Å². The minimum Gasteiger partial charge on any atom is -0.481 e. The van der Waals surface area contributed by atoms with Crippen LogP contribution in [0.3, 0.4) is 0 Å². The number of tetrazole rings is 1. The topological polar surface area (TPSA) is 80.9 Å². The Kier molecular flexibility index (Phi) is 3.19. The van der Waals surface area contributed by atoms with Crippen LogP contribution in [-0.2, 0) is 11.3 Å². The number of hydrogen-bond donors (Lipinski definition) is 1. The van der Waals surface area contributed by atoms with E-state index in [2.05, 4.69) is 15.5 Å². The van der Waals surface area contributed by atoms with Gasteiger partial charge >= 0.3 is 5.97 Å². The van der Waals surface area contributed by atoms with E-state index in [4.69, 9.17) is 0 Å². The van der Waals surface area contributed by atoms with Gasteiger partial charge in [-0.15, -0.1) is 5.10 Å². The van der Waals surface area contributed by atoms with E-state index in [1.165, 1.54) is 10.7 Å². The van der Waals surface area contributed by atoms with Crippen molar-refractivity contribution in [2.75, 3.05) is 0 Å². The molecule has 110 valence electrons. The van der Waals surface area contributed by atoms with Crippen molar-refractivity contribution in [3.63, 3.8) is 0 Å².